The van der Waals surface area contributed by atoms with Crippen LogP contribution in [0.15, 0.2) is 18.3 Å². The van der Waals surface area contributed by atoms with Crippen LogP contribution in [0.25, 0.3) is 6.08 Å². The summed E-state index contributed by atoms with van der Waals surface area (Å²) in [6.07, 6.45) is 5.07. The number of aromatic amines is 1. The van der Waals surface area contributed by atoms with Gasteiger partial charge in [-0.3, -0.25) is 0 Å². The van der Waals surface area contributed by atoms with Gasteiger partial charge < -0.3 is 4.98 Å². The monoisotopic (exact) mass is 244 g/mol. The lowest BCUT2D eigenvalue weighted by molar-refractivity contribution is 1.37. The van der Waals surface area contributed by atoms with Crippen LogP contribution in [0.3, 0.4) is 0 Å². The van der Waals surface area contributed by atoms with E-state index in [4.69, 9.17) is 5.26 Å². The van der Waals surface area contributed by atoms with Crippen molar-refractivity contribution in [3.63, 3.8) is 0 Å². The molecule has 0 aromatic carbocycles. The Morgan fingerprint density at radius 2 is 2.50 bits per heavy atom. The van der Waals surface area contributed by atoms with Crippen LogP contribution in [-0.2, 0) is 0 Å². The molecule has 10 heavy (non-hydrogen) atoms. The summed E-state index contributed by atoms with van der Waals surface area (Å²) in [5, 5.41) is 8.18. The van der Waals surface area contributed by atoms with Crippen LogP contribution in [-0.4, -0.2) is 4.98 Å². The van der Waals surface area contributed by atoms with Gasteiger partial charge >= 0.3 is 0 Å². The topological polar surface area (TPSA) is 39.6 Å². The SMILES string of the molecule is N#CC=Cc1cc(I)c[nH]1. The van der Waals surface area contributed by atoms with Crippen LogP contribution in [0.2, 0.25) is 0 Å². The van der Waals surface area contributed by atoms with Gasteiger partial charge in [0.15, 0.2) is 0 Å². The number of nitriles is 1. The summed E-state index contributed by atoms with van der Waals surface area (Å²) < 4.78 is 1.15. The Morgan fingerprint density at radius 1 is 1.70 bits per heavy atom. The summed E-state index contributed by atoms with van der Waals surface area (Å²) in [6, 6.07) is 3.89. The molecule has 0 amide bonds. The Labute approximate surface area is 72.7 Å². The predicted octanol–water partition coefficient (Wildman–Crippen LogP) is 2.16. The van der Waals surface area contributed by atoms with Crippen LogP contribution in [0.4, 0.5) is 0 Å². The van der Waals surface area contributed by atoms with Crippen molar-refractivity contribution in [2.24, 2.45) is 0 Å². The second kappa shape index (κ2) is 3.42. The molecule has 3 heteroatoms. The average molecular weight is 244 g/mol. The largest absolute Gasteiger partial charge is 0.361 e. The van der Waals surface area contributed by atoms with Gasteiger partial charge in [0.2, 0.25) is 0 Å². The lowest BCUT2D eigenvalue weighted by Gasteiger charge is -1.77. The van der Waals surface area contributed by atoms with E-state index in [0.29, 0.717) is 0 Å². The van der Waals surface area contributed by atoms with Crippen molar-refractivity contribution in [2.45, 2.75) is 0 Å². The van der Waals surface area contributed by atoms with Crippen molar-refractivity contribution >= 4 is 28.7 Å². The zero-order valence-electron chi connectivity index (χ0n) is 5.13. The van der Waals surface area contributed by atoms with E-state index in [1.807, 2.05) is 18.3 Å². The fourth-order valence-corrected chi connectivity index (χ4v) is 1.10. The lowest BCUT2D eigenvalue weighted by Crippen LogP contribution is -1.64. The molecule has 0 fully saturated rings. The van der Waals surface area contributed by atoms with Gasteiger partial charge in [0.1, 0.15) is 0 Å². The molecular formula is C7H5IN2. The Kier molecular flexibility index (Phi) is 2.51. The highest BCUT2D eigenvalue weighted by Gasteiger charge is 1.88. The molecule has 0 spiro atoms. The van der Waals surface area contributed by atoms with Gasteiger partial charge in [0.05, 0.1) is 6.07 Å². The molecule has 1 N–H and O–H groups in total. The molecule has 50 valence electrons. The van der Waals surface area contributed by atoms with Crippen molar-refractivity contribution in [3.8, 4) is 6.07 Å². The first kappa shape index (κ1) is 7.35. The van der Waals surface area contributed by atoms with Crippen LogP contribution >= 0.6 is 22.6 Å². The van der Waals surface area contributed by atoms with Crippen LogP contribution < -0.4 is 0 Å². The molecule has 0 bridgehead atoms. The molecule has 0 aliphatic carbocycles. The Hall–Kier alpha value is -0.760. The molecule has 1 rings (SSSR count). The maximum atomic E-state index is 8.18. The van der Waals surface area contributed by atoms with E-state index in [0.717, 1.165) is 9.26 Å². The minimum absolute atomic E-state index is 0.964. The minimum Gasteiger partial charge on any atom is -0.361 e. The van der Waals surface area contributed by atoms with Crippen molar-refractivity contribution < 1.29 is 0 Å². The van der Waals surface area contributed by atoms with Gasteiger partial charge in [-0.15, -0.1) is 0 Å². The fraction of sp³-hybridized carbons (Fsp3) is 0. The summed E-state index contributed by atoms with van der Waals surface area (Å²) in [5.41, 5.74) is 0.964. The molecule has 1 aromatic rings. The smallest absolute Gasteiger partial charge is 0.0912 e. The first-order valence-corrected chi connectivity index (χ1v) is 3.81. The van der Waals surface area contributed by atoms with Crippen molar-refractivity contribution in [3.05, 3.63) is 27.6 Å². The van der Waals surface area contributed by atoms with Crippen LogP contribution in [0, 0.1) is 14.9 Å². The molecule has 1 heterocycles. The third kappa shape index (κ3) is 1.88. The van der Waals surface area contributed by atoms with Gasteiger partial charge in [0.25, 0.3) is 0 Å². The van der Waals surface area contributed by atoms with Crippen molar-refractivity contribution in [2.75, 3.05) is 0 Å². The second-order valence-corrected chi connectivity index (χ2v) is 2.98. The number of nitrogens with one attached hydrogen (secondary N) is 1. The van der Waals surface area contributed by atoms with E-state index >= 15 is 0 Å². The summed E-state index contributed by atoms with van der Waals surface area (Å²) in [4.78, 5) is 2.99. The number of allylic oxidation sites excluding steroid dienone is 1. The molecule has 0 saturated carbocycles. The summed E-state index contributed by atoms with van der Waals surface area (Å²) in [7, 11) is 0. The van der Waals surface area contributed by atoms with Crippen molar-refractivity contribution in [1.29, 1.82) is 5.26 Å². The predicted molar refractivity (Wildman–Crippen MR) is 48.2 cm³/mol. The van der Waals surface area contributed by atoms with Gasteiger partial charge in [-0.1, -0.05) is 0 Å². The standard InChI is InChI=1S/C7H5IN2/c8-6-4-7(10-5-6)2-1-3-9/h1-2,4-5,10H. The fourth-order valence-electron chi connectivity index (χ4n) is 0.607. The third-order valence-corrected chi connectivity index (χ3v) is 1.63. The normalized spacial score (nSPS) is 10.0. The highest BCUT2D eigenvalue weighted by atomic mass is 127. The van der Waals surface area contributed by atoms with Gasteiger partial charge in [-0.2, -0.15) is 5.26 Å². The highest BCUT2D eigenvalue weighted by Crippen LogP contribution is 2.06. The number of rotatable bonds is 1. The number of hydrogen-bond acceptors (Lipinski definition) is 1. The molecule has 0 saturated heterocycles. The van der Waals surface area contributed by atoms with E-state index in [9.17, 15) is 0 Å². The molecule has 0 unspecified atom stereocenters. The number of H-pyrrole nitrogens is 1. The van der Waals surface area contributed by atoms with Gasteiger partial charge in [-0.05, 0) is 34.7 Å². The zero-order chi connectivity index (χ0) is 7.40. The molecular weight excluding hydrogens is 239 g/mol. The van der Waals surface area contributed by atoms with E-state index < -0.39 is 0 Å². The summed E-state index contributed by atoms with van der Waals surface area (Å²) >= 11 is 2.20. The molecule has 2 nitrogen and oxygen atoms in total. The molecule has 0 aliphatic heterocycles. The lowest BCUT2D eigenvalue weighted by atomic mass is 10.4. The Balaban J connectivity index is 2.78. The number of halogens is 1. The third-order valence-electron chi connectivity index (χ3n) is 1.01. The first-order chi connectivity index (χ1) is 4.83. The summed E-state index contributed by atoms with van der Waals surface area (Å²) in [5.74, 6) is 0. The van der Waals surface area contributed by atoms with Crippen LogP contribution in [0.5, 0.6) is 0 Å². The quantitative estimate of drug-likeness (QED) is 0.596. The molecule has 0 aliphatic rings. The first-order valence-electron chi connectivity index (χ1n) is 2.73. The van der Waals surface area contributed by atoms with E-state index in [-0.39, 0.29) is 0 Å². The number of hydrogen-bond donors (Lipinski definition) is 1. The maximum Gasteiger partial charge on any atom is 0.0912 e. The second-order valence-electron chi connectivity index (χ2n) is 1.74. The number of nitrogens with zero attached hydrogens (tertiary/aromatic N) is 1. The molecule has 1 aromatic heterocycles. The maximum absolute atomic E-state index is 8.18. The van der Waals surface area contributed by atoms with E-state index in [2.05, 4.69) is 27.6 Å². The summed E-state index contributed by atoms with van der Waals surface area (Å²) in [6.45, 7) is 0. The van der Waals surface area contributed by atoms with E-state index in [1.54, 1.807) is 6.08 Å². The van der Waals surface area contributed by atoms with Crippen LogP contribution in [0.1, 0.15) is 5.69 Å². The highest BCUT2D eigenvalue weighted by molar-refractivity contribution is 14.1. The molecule has 0 radical (unpaired) electrons. The zero-order valence-corrected chi connectivity index (χ0v) is 7.29. The van der Waals surface area contributed by atoms with Gasteiger partial charge in [-0.25, -0.2) is 0 Å². The van der Waals surface area contributed by atoms with Crippen molar-refractivity contribution in [1.82, 2.24) is 4.98 Å². The molecule has 0 atom stereocenters. The minimum atomic E-state index is 0.964. The average Bonchev–Trinajstić information content (AvgIpc) is 2.31. The Morgan fingerprint density at radius 3 is 3.00 bits per heavy atom. The Bertz CT molecular complexity index is 280. The number of aromatic nitrogens is 1. The van der Waals surface area contributed by atoms with Gasteiger partial charge in [0, 0.05) is 21.5 Å². The van der Waals surface area contributed by atoms with E-state index in [1.165, 1.54) is 6.08 Å².